The van der Waals surface area contributed by atoms with E-state index in [1.807, 2.05) is 0 Å². The minimum atomic E-state index is -3.07. The van der Waals surface area contributed by atoms with Gasteiger partial charge in [0.25, 0.3) is 0 Å². The molecule has 0 radical (unpaired) electrons. The molecule has 136 valence electrons. The van der Waals surface area contributed by atoms with Crippen molar-refractivity contribution in [3.8, 4) is 0 Å². The second kappa shape index (κ2) is 8.39. The summed E-state index contributed by atoms with van der Waals surface area (Å²) >= 11 is 0. The molecular formula is C12H22O11. The van der Waals surface area contributed by atoms with Gasteiger partial charge in [0, 0.05) is 0 Å². The number of hydrogen-bond donors (Lipinski definition) is 9. The number of ether oxygens (including phenoxy) is 1. The molecule has 1 aliphatic rings. The first kappa shape index (κ1) is 18.6. The molecule has 9 N–H and O–H groups in total. The van der Waals surface area contributed by atoms with Crippen LogP contribution in [0, 0.1) is 0 Å². The number of ketones is 1. The van der Waals surface area contributed by atoms with E-state index in [9.17, 15) is 40.5 Å². The van der Waals surface area contributed by atoms with E-state index in [0.717, 1.165) is 0 Å². The van der Waals surface area contributed by atoms with Gasteiger partial charge in [0.2, 0.25) is 0 Å². The summed E-state index contributed by atoms with van der Waals surface area (Å²) in [6.45, 7) is -1.93. The first-order chi connectivity index (χ1) is 11.0. The van der Waals surface area contributed by atoms with Gasteiger partial charge < -0.3 is 50.7 Å². The van der Waals surface area contributed by atoms with Gasteiger partial charge in [-0.15, -0.1) is 0 Å². The van der Waals surface area contributed by atoms with E-state index in [1.54, 1.807) is 0 Å². The largest absolute Gasteiger partial charge is 0.394 e. The van der Waals surface area contributed by atoms with Crippen LogP contribution < -0.4 is 0 Å². The zero-order valence-electron chi connectivity index (χ0n) is 12.9. The zero-order valence-corrected chi connectivity index (χ0v) is 11.9. The molecule has 1 fully saturated rings. The monoisotopic (exact) mass is 343 g/mol. The molecule has 23 heavy (non-hydrogen) atoms. The molecule has 1 saturated heterocycles. The van der Waals surface area contributed by atoms with E-state index in [2.05, 4.69) is 0 Å². The van der Waals surface area contributed by atoms with Crippen molar-refractivity contribution >= 4 is 5.78 Å². The van der Waals surface area contributed by atoms with Gasteiger partial charge in [-0.3, -0.25) is 4.79 Å². The molecule has 0 aromatic rings. The van der Waals surface area contributed by atoms with E-state index in [-0.39, 0.29) is 0 Å². The van der Waals surface area contributed by atoms with E-state index in [4.69, 9.17) is 16.3 Å². The number of hydrogen-bond acceptors (Lipinski definition) is 11. The SMILES string of the molecule is [2H]C1(C(=O)[C@H](O)[C@@H](O)[C@H](O)[C@H](O)CO)O[C@H](CO)[C@@H](O)[C@H](O)[C@@H]1O. The zero-order chi connectivity index (χ0) is 18.8. The second-order valence-electron chi connectivity index (χ2n) is 5.17. The van der Waals surface area contributed by atoms with Crippen molar-refractivity contribution in [3.05, 3.63) is 0 Å². The van der Waals surface area contributed by atoms with Gasteiger partial charge in [-0.2, -0.15) is 0 Å². The Morgan fingerprint density at radius 2 is 1.57 bits per heavy atom. The lowest BCUT2D eigenvalue weighted by Gasteiger charge is -2.40. The fourth-order valence-corrected chi connectivity index (χ4v) is 2.04. The maximum atomic E-state index is 12.2. The predicted molar refractivity (Wildman–Crippen MR) is 69.9 cm³/mol. The molecule has 0 spiro atoms. The standard InChI is InChI=1S/C12H22O11/c13-1-3(15)5(16)7(18)9(20)11(22)12-10(21)8(19)6(17)4(2-14)23-12/h3-10,12-21H,1-2H2/t3-,4-,5-,6-,7+,8+,9-,10+,12?/m1/s1/i12D. The van der Waals surface area contributed by atoms with E-state index in [0.29, 0.717) is 0 Å². The van der Waals surface area contributed by atoms with Crippen LogP contribution in [0.15, 0.2) is 0 Å². The number of rotatable bonds is 7. The van der Waals surface area contributed by atoms with E-state index < -0.39 is 73.9 Å². The molecule has 11 nitrogen and oxygen atoms in total. The molecule has 11 heteroatoms. The van der Waals surface area contributed by atoms with Crippen molar-refractivity contribution in [2.24, 2.45) is 0 Å². The molecule has 0 amide bonds. The van der Waals surface area contributed by atoms with Crippen molar-refractivity contribution in [3.63, 3.8) is 0 Å². The summed E-state index contributed by atoms with van der Waals surface area (Å²) in [5.74, 6) is -1.70. The van der Waals surface area contributed by atoms with Gasteiger partial charge in [0.1, 0.15) is 54.9 Å². The lowest BCUT2D eigenvalue weighted by molar-refractivity contribution is -0.231. The first-order valence-corrected chi connectivity index (χ1v) is 6.73. The third-order valence-electron chi connectivity index (χ3n) is 3.55. The van der Waals surface area contributed by atoms with Crippen LogP contribution in [0.3, 0.4) is 0 Å². The van der Waals surface area contributed by atoms with Crippen LogP contribution in [0.5, 0.6) is 0 Å². The van der Waals surface area contributed by atoms with Crippen molar-refractivity contribution < 1.29 is 56.9 Å². The quantitative estimate of drug-likeness (QED) is 0.212. The molecule has 0 bridgehead atoms. The maximum absolute atomic E-state index is 12.2. The normalized spacial score (nSPS) is 40.8. The Labute approximate surface area is 132 Å². The molecule has 1 aliphatic heterocycles. The lowest BCUT2D eigenvalue weighted by atomic mass is 9.89. The Morgan fingerprint density at radius 3 is 2.04 bits per heavy atom. The van der Waals surface area contributed by atoms with Crippen LogP contribution in [0.1, 0.15) is 1.37 Å². The smallest absolute Gasteiger partial charge is 0.195 e. The van der Waals surface area contributed by atoms with Crippen molar-refractivity contribution in [2.75, 3.05) is 13.2 Å². The molecule has 0 saturated carbocycles. The van der Waals surface area contributed by atoms with Gasteiger partial charge in [0.15, 0.2) is 5.78 Å². The summed E-state index contributed by atoms with van der Waals surface area (Å²) in [4.78, 5) is 12.2. The van der Waals surface area contributed by atoms with E-state index >= 15 is 0 Å². The van der Waals surface area contributed by atoms with Crippen LogP contribution in [0.2, 0.25) is 0 Å². The maximum Gasteiger partial charge on any atom is 0.195 e. The summed E-state index contributed by atoms with van der Waals surface area (Å²) in [6, 6.07) is 0. The Balaban J connectivity index is 3.02. The Bertz CT molecular complexity index is 435. The van der Waals surface area contributed by atoms with Gasteiger partial charge in [-0.1, -0.05) is 0 Å². The Hall–Kier alpha value is -0.730. The van der Waals surface area contributed by atoms with Crippen LogP contribution in [0.25, 0.3) is 0 Å². The Morgan fingerprint density at radius 1 is 1.00 bits per heavy atom. The van der Waals surface area contributed by atoms with Crippen LogP contribution in [0.4, 0.5) is 0 Å². The van der Waals surface area contributed by atoms with E-state index in [1.165, 1.54) is 0 Å². The van der Waals surface area contributed by atoms with Gasteiger partial charge in [0.05, 0.1) is 14.6 Å². The molecule has 1 heterocycles. The van der Waals surface area contributed by atoms with Crippen LogP contribution >= 0.6 is 0 Å². The third kappa shape index (κ3) is 4.22. The third-order valence-corrected chi connectivity index (χ3v) is 3.55. The molecule has 1 rings (SSSR count). The average Bonchev–Trinajstić information content (AvgIpc) is 2.59. The van der Waals surface area contributed by atoms with Crippen LogP contribution in [-0.2, 0) is 9.53 Å². The summed E-state index contributed by atoms with van der Waals surface area (Å²) < 4.78 is 12.6. The highest BCUT2D eigenvalue weighted by Crippen LogP contribution is 2.23. The fourth-order valence-electron chi connectivity index (χ4n) is 2.04. The highest BCUT2D eigenvalue weighted by molar-refractivity contribution is 5.88. The minimum Gasteiger partial charge on any atom is -0.394 e. The summed E-state index contributed by atoms with van der Waals surface area (Å²) in [7, 11) is 0. The van der Waals surface area contributed by atoms with Crippen molar-refractivity contribution in [1.29, 1.82) is 0 Å². The highest BCUT2D eigenvalue weighted by atomic mass is 16.5. The van der Waals surface area contributed by atoms with Gasteiger partial charge >= 0.3 is 0 Å². The number of aliphatic hydroxyl groups is 9. The second-order valence-corrected chi connectivity index (χ2v) is 5.17. The highest BCUT2D eigenvalue weighted by Gasteiger charge is 2.49. The van der Waals surface area contributed by atoms with Crippen molar-refractivity contribution in [1.82, 2.24) is 0 Å². The molecular weight excluding hydrogens is 320 g/mol. The first-order valence-electron chi connectivity index (χ1n) is 7.23. The topological polar surface area (TPSA) is 208 Å². The lowest BCUT2D eigenvalue weighted by Crippen LogP contribution is -2.63. The molecule has 9 atom stereocenters. The minimum absolute atomic E-state index is 0.927. The van der Waals surface area contributed by atoms with Crippen molar-refractivity contribution in [2.45, 2.75) is 54.9 Å². The number of carbonyl (C=O) groups is 1. The van der Waals surface area contributed by atoms with Gasteiger partial charge in [-0.05, 0) is 0 Å². The predicted octanol–water partition coefficient (Wildman–Crippen LogP) is -6.17. The van der Waals surface area contributed by atoms with Crippen LogP contribution in [-0.4, -0.2) is 120 Å². The fraction of sp³-hybridized carbons (Fsp3) is 0.917. The summed E-state index contributed by atoms with van der Waals surface area (Å²) in [6.07, 6.45) is -19.9. The Kier molecular flexibility index (Phi) is 6.79. The molecule has 0 aromatic carbocycles. The average molecular weight is 343 g/mol. The number of carbonyl (C=O) groups excluding carboxylic acids is 1. The summed E-state index contributed by atoms with van der Waals surface area (Å²) in [5.41, 5.74) is 0. The summed E-state index contributed by atoms with van der Waals surface area (Å²) in [5, 5.41) is 84.8. The molecule has 0 aliphatic carbocycles. The number of aliphatic hydroxyl groups excluding tert-OH is 9. The molecule has 1 unspecified atom stereocenters. The van der Waals surface area contributed by atoms with Gasteiger partial charge in [-0.25, -0.2) is 0 Å². The molecule has 0 aromatic heterocycles. The number of Topliss-reactive ketones (excluding diaryl/α,β-unsaturated/α-hetero) is 1.